The predicted octanol–water partition coefficient (Wildman–Crippen LogP) is 2.89. The van der Waals surface area contributed by atoms with Gasteiger partial charge in [-0.15, -0.1) is 0 Å². The van der Waals surface area contributed by atoms with Crippen molar-refractivity contribution in [2.24, 2.45) is 16.6 Å². The maximum Gasteiger partial charge on any atom is 0.264 e. The molecule has 1 amide bonds. The number of fused-ring (bicyclic) bond motifs is 1. The zero-order valence-corrected chi connectivity index (χ0v) is 23.8. The fourth-order valence-electron chi connectivity index (χ4n) is 6.74. The lowest BCUT2D eigenvalue weighted by Crippen LogP contribution is -2.69. The van der Waals surface area contributed by atoms with Gasteiger partial charge in [-0.25, -0.2) is 8.78 Å². The van der Waals surface area contributed by atoms with Crippen LogP contribution in [0.25, 0.3) is 5.57 Å². The van der Waals surface area contributed by atoms with Crippen LogP contribution in [0.15, 0.2) is 23.3 Å². The Kier molecular flexibility index (Phi) is 9.61. The molecule has 4 rings (SSSR count). The molecule has 0 radical (unpaired) electrons. The number of aryl methyl sites for hydroxylation is 1. The highest BCUT2D eigenvalue weighted by Gasteiger charge is 2.47. The van der Waals surface area contributed by atoms with Crippen LogP contribution in [0.3, 0.4) is 0 Å². The largest absolute Gasteiger partial charge is 0.404 e. The number of amides is 1. The Morgan fingerprint density at radius 1 is 1.28 bits per heavy atom. The van der Waals surface area contributed by atoms with Crippen molar-refractivity contribution in [2.45, 2.75) is 70.1 Å². The Labute approximate surface area is 231 Å². The van der Waals surface area contributed by atoms with Crippen molar-refractivity contribution in [3.63, 3.8) is 0 Å². The average Bonchev–Trinajstić information content (AvgIpc) is 2.92. The maximum absolute atomic E-state index is 14.4. The van der Waals surface area contributed by atoms with E-state index in [0.29, 0.717) is 30.3 Å². The predicted molar refractivity (Wildman–Crippen MR) is 154 cm³/mol. The number of carbonyl (C=O) groups is 1. The number of anilines is 1. The lowest BCUT2D eigenvalue weighted by molar-refractivity contribution is -0.132. The molecule has 1 aromatic carbocycles. The number of rotatable bonds is 8. The third kappa shape index (κ3) is 6.28. The molecule has 3 atom stereocenters. The number of nitrogens with one attached hydrogen (secondary N) is 3. The van der Waals surface area contributed by atoms with Crippen LogP contribution in [0.4, 0.5) is 14.5 Å². The van der Waals surface area contributed by atoms with E-state index in [2.05, 4.69) is 32.8 Å². The number of benzene rings is 1. The Balaban J connectivity index is 1.74. The summed E-state index contributed by atoms with van der Waals surface area (Å²) in [4.78, 5) is 20.7. The first-order valence-corrected chi connectivity index (χ1v) is 14.2. The monoisotopic (exact) mass is 545 g/mol. The van der Waals surface area contributed by atoms with Crippen LogP contribution >= 0.6 is 0 Å². The Hall–Kier alpha value is -2.56. The summed E-state index contributed by atoms with van der Waals surface area (Å²) in [5.74, 6) is 0.114. The van der Waals surface area contributed by atoms with Gasteiger partial charge in [-0.1, -0.05) is 0 Å². The molecule has 8 nitrogen and oxygen atoms in total. The molecule has 2 saturated heterocycles. The highest BCUT2D eigenvalue weighted by Crippen LogP contribution is 2.40. The van der Waals surface area contributed by atoms with Crippen molar-refractivity contribution in [3.05, 3.63) is 35.0 Å². The lowest BCUT2D eigenvalue weighted by Gasteiger charge is -2.54. The molecule has 0 bridgehead atoms. The number of allylic oxidation sites excluding steroid dienone is 1. The number of nitrogens with zero attached hydrogens (tertiary/aromatic N) is 3. The molecule has 3 heterocycles. The van der Waals surface area contributed by atoms with Gasteiger partial charge < -0.3 is 31.5 Å². The molecule has 216 valence electrons. The van der Waals surface area contributed by atoms with Crippen molar-refractivity contribution in [2.75, 3.05) is 51.7 Å². The minimum atomic E-state index is -2.66. The molecule has 10 heteroatoms. The van der Waals surface area contributed by atoms with E-state index < -0.39 is 6.43 Å². The van der Waals surface area contributed by atoms with E-state index in [4.69, 9.17) is 5.73 Å². The van der Waals surface area contributed by atoms with Gasteiger partial charge in [-0.05, 0) is 82.4 Å². The van der Waals surface area contributed by atoms with Gasteiger partial charge in [0.05, 0.1) is 6.17 Å². The van der Waals surface area contributed by atoms with E-state index in [9.17, 15) is 13.6 Å². The van der Waals surface area contributed by atoms with Crippen LogP contribution in [0, 0.1) is 5.92 Å². The second-order valence-electron chi connectivity index (χ2n) is 11.3. The summed E-state index contributed by atoms with van der Waals surface area (Å²) in [6.45, 7) is 7.96. The van der Waals surface area contributed by atoms with Gasteiger partial charge in [0.15, 0.2) is 0 Å². The van der Waals surface area contributed by atoms with Gasteiger partial charge in [0.1, 0.15) is 0 Å². The van der Waals surface area contributed by atoms with Crippen LogP contribution in [0.1, 0.15) is 62.6 Å². The minimum Gasteiger partial charge on any atom is -0.404 e. The van der Waals surface area contributed by atoms with Gasteiger partial charge in [0.2, 0.25) is 5.91 Å². The standard InChI is InChI=1S/C29H45F2N7O/c1-19(39)37-13-9-29(2,36-22-7-10-35-11-8-22)25(18-37)28(34-4)38-12-5-6-20-14-23(21(16-32)17-33-3)24(27(30)31)15-26(20)38/h14-17,22,25,27-28,34-36H,5-13,18,32H2,1-4H3/b21-16+,33-17?. The van der Waals surface area contributed by atoms with Gasteiger partial charge in [-0.3, -0.25) is 9.79 Å². The summed E-state index contributed by atoms with van der Waals surface area (Å²) in [6, 6.07) is 3.92. The van der Waals surface area contributed by atoms with Gasteiger partial charge in [0, 0.05) is 80.3 Å². The van der Waals surface area contributed by atoms with Gasteiger partial charge in [0.25, 0.3) is 6.43 Å². The number of piperidine rings is 2. The maximum atomic E-state index is 14.4. The zero-order valence-electron chi connectivity index (χ0n) is 23.8. The summed E-state index contributed by atoms with van der Waals surface area (Å²) < 4.78 is 28.8. The third-order valence-electron chi connectivity index (χ3n) is 8.87. The van der Waals surface area contributed by atoms with Gasteiger partial charge in [-0.2, -0.15) is 0 Å². The normalized spacial score (nSPS) is 25.8. The molecule has 3 unspecified atom stereocenters. The second-order valence-corrected chi connectivity index (χ2v) is 11.3. The lowest BCUT2D eigenvalue weighted by atomic mass is 9.75. The summed E-state index contributed by atoms with van der Waals surface area (Å²) in [6.07, 6.45) is 4.73. The number of carbonyl (C=O) groups excluding carboxylic acids is 1. The number of likely N-dealkylation sites (tertiary alicyclic amines) is 1. The first kappa shape index (κ1) is 29.4. The topological polar surface area (TPSA) is 98.0 Å². The Bertz CT molecular complexity index is 1070. The van der Waals surface area contributed by atoms with E-state index >= 15 is 0 Å². The summed E-state index contributed by atoms with van der Waals surface area (Å²) >= 11 is 0. The summed E-state index contributed by atoms with van der Waals surface area (Å²) in [5.41, 5.74) is 8.31. The number of alkyl halides is 2. The van der Waals surface area contributed by atoms with E-state index in [1.54, 1.807) is 20.0 Å². The number of halogens is 2. The smallest absolute Gasteiger partial charge is 0.264 e. The molecule has 3 aliphatic rings. The van der Waals surface area contributed by atoms with E-state index in [1.165, 1.54) is 12.4 Å². The van der Waals surface area contributed by atoms with Crippen molar-refractivity contribution in [3.8, 4) is 0 Å². The molecular formula is C29H45F2N7O. The molecule has 5 N–H and O–H groups in total. The van der Waals surface area contributed by atoms with E-state index in [-0.39, 0.29) is 29.1 Å². The van der Waals surface area contributed by atoms with Crippen LogP contribution in [-0.4, -0.2) is 81.6 Å². The highest BCUT2D eigenvalue weighted by atomic mass is 19.3. The summed E-state index contributed by atoms with van der Waals surface area (Å²) in [5, 5.41) is 11.0. The van der Waals surface area contributed by atoms with E-state index in [1.807, 2.05) is 18.0 Å². The Morgan fingerprint density at radius 3 is 2.64 bits per heavy atom. The minimum absolute atomic E-state index is 0.0439. The average molecular weight is 546 g/mol. The van der Waals surface area contributed by atoms with Crippen molar-refractivity contribution >= 4 is 23.4 Å². The molecule has 0 aromatic heterocycles. The number of aliphatic imine (C=N–C) groups is 1. The first-order chi connectivity index (χ1) is 18.7. The number of nitrogens with two attached hydrogens (primary N) is 1. The van der Waals surface area contributed by atoms with Crippen LogP contribution in [0.2, 0.25) is 0 Å². The molecule has 3 aliphatic heterocycles. The van der Waals surface area contributed by atoms with E-state index in [0.717, 1.165) is 63.0 Å². The number of hydrogen-bond donors (Lipinski definition) is 4. The third-order valence-corrected chi connectivity index (χ3v) is 8.87. The van der Waals surface area contributed by atoms with Gasteiger partial charge >= 0.3 is 0 Å². The Morgan fingerprint density at radius 2 is 2.03 bits per heavy atom. The zero-order chi connectivity index (χ0) is 28.2. The number of hydrogen-bond acceptors (Lipinski definition) is 7. The van der Waals surface area contributed by atoms with Crippen LogP contribution < -0.4 is 26.6 Å². The highest BCUT2D eigenvalue weighted by molar-refractivity contribution is 6.10. The van der Waals surface area contributed by atoms with Crippen molar-refractivity contribution in [1.82, 2.24) is 20.9 Å². The quantitative estimate of drug-likeness (QED) is 0.375. The SMILES string of the molecule is CN=C/C(=C\N)c1cc2c(cc1C(F)F)N(C(NC)C1CN(C(C)=O)CCC1(C)NC1CCNCC1)CCC2. The molecule has 0 aliphatic carbocycles. The second kappa shape index (κ2) is 12.7. The van der Waals surface area contributed by atoms with Crippen LogP contribution in [-0.2, 0) is 11.2 Å². The fraction of sp³-hybridized carbons (Fsp3) is 0.655. The molecule has 0 saturated carbocycles. The van der Waals surface area contributed by atoms with Crippen molar-refractivity contribution in [1.29, 1.82) is 0 Å². The van der Waals surface area contributed by atoms with Crippen LogP contribution in [0.5, 0.6) is 0 Å². The molecule has 0 spiro atoms. The van der Waals surface area contributed by atoms with Crippen molar-refractivity contribution < 1.29 is 13.6 Å². The first-order valence-electron chi connectivity index (χ1n) is 14.2. The molecule has 1 aromatic rings. The molecule has 39 heavy (non-hydrogen) atoms. The molecular weight excluding hydrogens is 500 g/mol. The fourth-order valence-corrected chi connectivity index (χ4v) is 6.74. The summed E-state index contributed by atoms with van der Waals surface area (Å²) in [7, 11) is 3.54. The molecule has 2 fully saturated rings.